The van der Waals surface area contributed by atoms with Crippen molar-refractivity contribution in [2.24, 2.45) is 5.11 Å². The molecule has 0 amide bonds. The molecule has 1 aliphatic heterocycles. The lowest BCUT2D eigenvalue weighted by Gasteiger charge is -2.37. The smallest absolute Gasteiger partial charge is 0.151 e. The molecule has 1 saturated heterocycles. The van der Waals surface area contributed by atoms with Crippen LogP contribution in [0.3, 0.4) is 0 Å². The predicted octanol–water partition coefficient (Wildman–Crippen LogP) is 4.67. The molecule has 0 saturated carbocycles. The van der Waals surface area contributed by atoms with Crippen molar-refractivity contribution in [1.29, 1.82) is 0 Å². The fraction of sp³-hybridized carbons (Fsp3) is 0.350. The van der Waals surface area contributed by atoms with Gasteiger partial charge in [0.1, 0.15) is 11.5 Å². The standard InChI is InChI=1S/C20H21N3O3S/c1-14-7-9-16(10-8-14)27-20-17(22-23-21)11-18(19(12-24)26-20)25-13-15-5-3-2-4-6-15/h2-10,12,17-20H,11,13H2,1H3/t17-,18+,19-,20?/m1/s1. The van der Waals surface area contributed by atoms with E-state index in [4.69, 9.17) is 15.0 Å². The molecule has 7 heteroatoms. The Hall–Kier alpha value is -2.31. The van der Waals surface area contributed by atoms with Gasteiger partial charge in [-0.15, -0.1) is 0 Å². The lowest BCUT2D eigenvalue weighted by molar-refractivity contribution is -0.146. The zero-order valence-corrected chi connectivity index (χ0v) is 15.8. The molecule has 6 nitrogen and oxygen atoms in total. The minimum absolute atomic E-state index is 0.373. The van der Waals surface area contributed by atoms with Crippen molar-refractivity contribution in [2.45, 2.75) is 48.5 Å². The van der Waals surface area contributed by atoms with Gasteiger partial charge in [-0.3, -0.25) is 0 Å². The molecular weight excluding hydrogens is 362 g/mol. The molecule has 2 aromatic carbocycles. The van der Waals surface area contributed by atoms with Crippen LogP contribution in [0.25, 0.3) is 10.4 Å². The molecule has 1 fully saturated rings. The molecule has 0 radical (unpaired) electrons. The summed E-state index contributed by atoms with van der Waals surface area (Å²) in [4.78, 5) is 15.5. The summed E-state index contributed by atoms with van der Waals surface area (Å²) in [7, 11) is 0. The monoisotopic (exact) mass is 383 g/mol. The van der Waals surface area contributed by atoms with Gasteiger partial charge in [-0.1, -0.05) is 64.9 Å². The van der Waals surface area contributed by atoms with Gasteiger partial charge in [0.15, 0.2) is 6.29 Å². The highest BCUT2D eigenvalue weighted by Gasteiger charge is 2.38. The van der Waals surface area contributed by atoms with E-state index >= 15 is 0 Å². The van der Waals surface area contributed by atoms with E-state index in [1.165, 1.54) is 11.8 Å². The van der Waals surface area contributed by atoms with Gasteiger partial charge in [0, 0.05) is 9.81 Å². The van der Waals surface area contributed by atoms with E-state index in [2.05, 4.69) is 10.0 Å². The van der Waals surface area contributed by atoms with E-state index in [1.54, 1.807) is 0 Å². The Morgan fingerprint density at radius 2 is 2.00 bits per heavy atom. The number of benzene rings is 2. The van der Waals surface area contributed by atoms with Crippen LogP contribution in [0.2, 0.25) is 0 Å². The Labute approximate surface area is 162 Å². The number of aryl methyl sites for hydroxylation is 1. The lowest BCUT2D eigenvalue weighted by Crippen LogP contribution is -2.47. The molecule has 4 atom stereocenters. The summed E-state index contributed by atoms with van der Waals surface area (Å²) in [5.41, 5.74) is 10.7. The number of carbonyl (C=O) groups is 1. The molecule has 27 heavy (non-hydrogen) atoms. The second-order valence-corrected chi connectivity index (χ2v) is 7.55. The fourth-order valence-electron chi connectivity index (χ4n) is 2.90. The first kappa shape index (κ1) is 19.5. The number of ether oxygens (including phenoxy) is 2. The maximum absolute atomic E-state index is 11.6. The highest BCUT2D eigenvalue weighted by molar-refractivity contribution is 7.99. The van der Waals surface area contributed by atoms with Crippen molar-refractivity contribution in [3.63, 3.8) is 0 Å². The van der Waals surface area contributed by atoms with E-state index in [0.717, 1.165) is 22.3 Å². The minimum Gasteiger partial charge on any atom is -0.370 e. The van der Waals surface area contributed by atoms with Gasteiger partial charge in [-0.2, -0.15) is 0 Å². The van der Waals surface area contributed by atoms with Gasteiger partial charge >= 0.3 is 0 Å². The summed E-state index contributed by atoms with van der Waals surface area (Å²) in [6, 6.07) is 17.3. The van der Waals surface area contributed by atoms with Crippen molar-refractivity contribution in [3.8, 4) is 0 Å². The van der Waals surface area contributed by atoms with Gasteiger partial charge in [-0.05, 0) is 36.6 Å². The Kier molecular flexibility index (Phi) is 6.90. The van der Waals surface area contributed by atoms with E-state index in [-0.39, 0.29) is 0 Å². The Balaban J connectivity index is 1.69. The van der Waals surface area contributed by atoms with Crippen LogP contribution in [0.1, 0.15) is 17.5 Å². The molecule has 0 aromatic heterocycles. The average Bonchev–Trinajstić information content (AvgIpc) is 2.70. The quantitative estimate of drug-likeness (QED) is 0.301. The topological polar surface area (TPSA) is 84.3 Å². The largest absolute Gasteiger partial charge is 0.370 e. The third kappa shape index (κ3) is 5.34. The molecule has 1 unspecified atom stereocenters. The first-order valence-electron chi connectivity index (χ1n) is 8.73. The van der Waals surface area contributed by atoms with Crippen LogP contribution in [-0.4, -0.2) is 30.0 Å². The number of thioether (sulfide) groups is 1. The van der Waals surface area contributed by atoms with Crippen molar-refractivity contribution in [1.82, 2.24) is 0 Å². The van der Waals surface area contributed by atoms with Crippen molar-refractivity contribution in [3.05, 3.63) is 76.2 Å². The summed E-state index contributed by atoms with van der Waals surface area (Å²) in [5.74, 6) is 0. The molecule has 0 N–H and O–H groups in total. The summed E-state index contributed by atoms with van der Waals surface area (Å²) in [5, 5.41) is 3.89. The van der Waals surface area contributed by atoms with E-state index in [1.807, 2.05) is 61.5 Å². The zero-order valence-electron chi connectivity index (χ0n) is 15.0. The predicted molar refractivity (Wildman–Crippen MR) is 104 cm³/mol. The van der Waals surface area contributed by atoms with Gasteiger partial charge in [0.25, 0.3) is 0 Å². The maximum atomic E-state index is 11.6. The van der Waals surface area contributed by atoms with Crippen LogP contribution in [0.4, 0.5) is 0 Å². The molecule has 3 rings (SSSR count). The van der Waals surface area contributed by atoms with E-state index in [0.29, 0.717) is 13.0 Å². The number of aldehydes is 1. The molecule has 140 valence electrons. The molecule has 0 aliphatic carbocycles. The van der Waals surface area contributed by atoms with Crippen molar-refractivity contribution >= 4 is 18.0 Å². The van der Waals surface area contributed by atoms with Gasteiger partial charge < -0.3 is 14.3 Å². The van der Waals surface area contributed by atoms with Gasteiger partial charge in [0.2, 0.25) is 0 Å². The van der Waals surface area contributed by atoms with Crippen LogP contribution >= 0.6 is 11.8 Å². The number of carbonyl (C=O) groups excluding carboxylic acids is 1. The van der Waals surface area contributed by atoms with Crippen molar-refractivity contribution < 1.29 is 14.3 Å². The van der Waals surface area contributed by atoms with Gasteiger partial charge in [0.05, 0.1) is 18.8 Å². The molecule has 1 aliphatic rings. The highest BCUT2D eigenvalue weighted by atomic mass is 32.2. The zero-order chi connectivity index (χ0) is 19.1. The number of hydrogen-bond acceptors (Lipinski definition) is 5. The maximum Gasteiger partial charge on any atom is 0.151 e. The first-order valence-corrected chi connectivity index (χ1v) is 9.61. The minimum atomic E-state index is -0.693. The van der Waals surface area contributed by atoms with Crippen LogP contribution in [-0.2, 0) is 20.9 Å². The SMILES string of the molecule is Cc1ccc(SC2O[C@H](C=O)[C@@H](OCc3ccccc3)C[C@H]2N=[N+]=[N-])cc1. The third-order valence-corrected chi connectivity index (χ3v) is 5.56. The van der Waals surface area contributed by atoms with Crippen LogP contribution < -0.4 is 0 Å². The van der Waals surface area contributed by atoms with Crippen LogP contribution in [0, 0.1) is 6.92 Å². The number of hydrogen-bond donors (Lipinski definition) is 0. The van der Waals surface area contributed by atoms with Gasteiger partial charge in [-0.25, -0.2) is 0 Å². The molecule has 0 bridgehead atoms. The van der Waals surface area contributed by atoms with Crippen LogP contribution in [0.15, 0.2) is 64.6 Å². The summed E-state index contributed by atoms with van der Waals surface area (Å²) in [6.45, 7) is 2.39. The Morgan fingerprint density at radius 1 is 1.26 bits per heavy atom. The Bertz CT molecular complexity index is 794. The van der Waals surface area contributed by atoms with E-state index in [9.17, 15) is 4.79 Å². The molecular formula is C20H21N3O3S. The molecule has 1 heterocycles. The summed E-state index contributed by atoms with van der Waals surface area (Å²) in [6.07, 6.45) is 0.0592. The average molecular weight is 383 g/mol. The van der Waals surface area contributed by atoms with Crippen LogP contribution in [0.5, 0.6) is 0 Å². The first-order chi connectivity index (χ1) is 13.2. The second-order valence-electron chi connectivity index (χ2n) is 6.38. The van der Waals surface area contributed by atoms with Crippen molar-refractivity contribution in [2.75, 3.05) is 0 Å². The molecule has 2 aromatic rings. The molecule has 0 spiro atoms. The lowest BCUT2D eigenvalue weighted by atomic mass is 10.0. The third-order valence-electron chi connectivity index (χ3n) is 4.36. The second kappa shape index (κ2) is 9.58. The fourth-order valence-corrected chi connectivity index (χ4v) is 3.97. The van der Waals surface area contributed by atoms with E-state index < -0.39 is 23.7 Å². The number of nitrogens with zero attached hydrogens (tertiary/aromatic N) is 3. The number of azide groups is 1. The highest BCUT2D eigenvalue weighted by Crippen LogP contribution is 2.35. The normalized spacial score (nSPS) is 24.8. The Morgan fingerprint density at radius 3 is 2.67 bits per heavy atom. The summed E-state index contributed by atoms with van der Waals surface area (Å²) >= 11 is 1.46. The summed E-state index contributed by atoms with van der Waals surface area (Å²) < 4.78 is 11.9. The number of rotatable bonds is 7.